The number of carbonyl (C=O) groups is 2. The molecular formula is C23H26ClN3O3. The summed E-state index contributed by atoms with van der Waals surface area (Å²) in [4.78, 5) is 27.3. The van der Waals surface area contributed by atoms with E-state index in [2.05, 4.69) is 22.8 Å². The van der Waals surface area contributed by atoms with Crippen molar-refractivity contribution >= 4 is 40.7 Å². The number of halogens is 1. The number of alkyl carbamates (subject to hydrolysis) is 1. The van der Waals surface area contributed by atoms with Gasteiger partial charge in [0.15, 0.2) is 0 Å². The zero-order valence-corrected chi connectivity index (χ0v) is 18.1. The first-order valence-corrected chi connectivity index (χ1v) is 10.6. The highest BCUT2D eigenvalue weighted by Gasteiger charge is 2.33. The monoisotopic (exact) mass is 427 g/mol. The van der Waals surface area contributed by atoms with Crippen LogP contribution >= 0.6 is 11.6 Å². The number of nitrogens with zero attached hydrogens (tertiary/aromatic N) is 1. The Hall–Kier alpha value is -2.73. The van der Waals surface area contributed by atoms with Crippen molar-refractivity contribution in [3.63, 3.8) is 0 Å². The van der Waals surface area contributed by atoms with Crippen molar-refractivity contribution in [2.45, 2.75) is 51.2 Å². The van der Waals surface area contributed by atoms with Crippen LogP contribution in [0.15, 0.2) is 42.5 Å². The Morgan fingerprint density at radius 1 is 1.20 bits per heavy atom. The molecule has 1 heterocycles. The molecule has 2 aromatic carbocycles. The molecule has 0 bridgehead atoms. The number of benzene rings is 2. The molecular weight excluding hydrogens is 402 g/mol. The van der Waals surface area contributed by atoms with Gasteiger partial charge in [-0.25, -0.2) is 4.79 Å². The quantitative estimate of drug-likeness (QED) is 0.706. The van der Waals surface area contributed by atoms with E-state index in [1.165, 1.54) is 18.4 Å². The number of nitrogens with one attached hydrogen (secondary N) is 2. The Bertz CT molecular complexity index is 982. The van der Waals surface area contributed by atoms with Gasteiger partial charge in [-0.3, -0.25) is 4.79 Å². The van der Waals surface area contributed by atoms with E-state index in [4.69, 9.17) is 16.3 Å². The van der Waals surface area contributed by atoms with Crippen molar-refractivity contribution < 1.29 is 14.3 Å². The van der Waals surface area contributed by atoms with Gasteiger partial charge in [0.05, 0.1) is 22.9 Å². The Labute approximate surface area is 181 Å². The first-order chi connectivity index (χ1) is 14.2. The van der Waals surface area contributed by atoms with Gasteiger partial charge in [-0.1, -0.05) is 29.8 Å². The summed E-state index contributed by atoms with van der Waals surface area (Å²) in [5, 5.41) is 6.03. The van der Waals surface area contributed by atoms with Crippen LogP contribution in [-0.2, 0) is 9.53 Å². The highest BCUT2D eigenvalue weighted by molar-refractivity contribution is 6.34. The highest BCUT2D eigenvalue weighted by Crippen LogP contribution is 2.43. The predicted octanol–water partition coefficient (Wildman–Crippen LogP) is 5.20. The molecule has 158 valence electrons. The van der Waals surface area contributed by atoms with E-state index in [1.54, 1.807) is 26.8 Å². The largest absolute Gasteiger partial charge is 0.444 e. The zero-order chi connectivity index (χ0) is 21.5. The van der Waals surface area contributed by atoms with E-state index in [9.17, 15) is 9.59 Å². The minimum atomic E-state index is -0.812. The summed E-state index contributed by atoms with van der Waals surface area (Å²) < 4.78 is 5.36. The highest BCUT2D eigenvalue weighted by atomic mass is 35.5. The van der Waals surface area contributed by atoms with Gasteiger partial charge in [-0.15, -0.1) is 0 Å². The summed E-state index contributed by atoms with van der Waals surface area (Å²) in [6, 6.07) is 13.0. The minimum Gasteiger partial charge on any atom is -0.444 e. The molecule has 1 aliphatic carbocycles. The lowest BCUT2D eigenvalue weighted by Gasteiger charge is -2.28. The SMILES string of the molecule is CC(C)(C)OC(=O)NC1CN(c2cccc(C3CC3)c2)c2cccc(Cl)c2NC1=O. The van der Waals surface area contributed by atoms with Crippen LogP contribution in [0.3, 0.4) is 0 Å². The minimum absolute atomic E-state index is 0.256. The molecule has 6 nitrogen and oxygen atoms in total. The Morgan fingerprint density at radius 2 is 1.93 bits per heavy atom. The predicted molar refractivity (Wildman–Crippen MR) is 119 cm³/mol. The lowest BCUT2D eigenvalue weighted by atomic mass is 10.1. The molecule has 2 aromatic rings. The molecule has 2 aliphatic rings. The second-order valence-electron chi connectivity index (χ2n) is 8.80. The van der Waals surface area contributed by atoms with Gasteiger partial charge in [0.1, 0.15) is 11.6 Å². The van der Waals surface area contributed by atoms with Crippen molar-refractivity contribution in [2.24, 2.45) is 0 Å². The Balaban J connectivity index is 1.69. The van der Waals surface area contributed by atoms with Crippen LogP contribution in [0.25, 0.3) is 0 Å². The van der Waals surface area contributed by atoms with Gasteiger partial charge in [-0.2, -0.15) is 0 Å². The van der Waals surface area contributed by atoms with Crippen LogP contribution in [0.1, 0.15) is 45.1 Å². The maximum atomic E-state index is 12.9. The second kappa shape index (κ2) is 7.84. The van der Waals surface area contributed by atoms with Crippen LogP contribution in [0.2, 0.25) is 5.02 Å². The molecule has 0 saturated heterocycles. The molecule has 1 unspecified atom stereocenters. The third kappa shape index (κ3) is 4.54. The van der Waals surface area contributed by atoms with Gasteiger partial charge in [-0.05, 0) is 69.4 Å². The molecule has 0 aromatic heterocycles. The summed E-state index contributed by atoms with van der Waals surface area (Å²) >= 11 is 6.41. The number of para-hydroxylation sites is 1. The topological polar surface area (TPSA) is 70.7 Å². The number of amides is 2. The molecule has 1 fully saturated rings. The number of hydrogen-bond donors (Lipinski definition) is 2. The zero-order valence-electron chi connectivity index (χ0n) is 17.4. The lowest BCUT2D eigenvalue weighted by molar-refractivity contribution is -0.117. The second-order valence-corrected chi connectivity index (χ2v) is 9.21. The normalized spacial score (nSPS) is 18.9. The Kier molecular flexibility index (Phi) is 5.36. The molecule has 2 amide bonds. The summed E-state index contributed by atoms with van der Waals surface area (Å²) in [7, 11) is 0. The van der Waals surface area contributed by atoms with Crippen molar-refractivity contribution in [1.82, 2.24) is 5.32 Å². The van der Waals surface area contributed by atoms with Crippen molar-refractivity contribution in [1.29, 1.82) is 0 Å². The van der Waals surface area contributed by atoms with E-state index >= 15 is 0 Å². The lowest BCUT2D eigenvalue weighted by Crippen LogP contribution is -2.49. The maximum Gasteiger partial charge on any atom is 0.408 e. The number of ether oxygens (including phenoxy) is 1. The number of anilines is 3. The fourth-order valence-electron chi connectivity index (χ4n) is 3.60. The van der Waals surface area contributed by atoms with Crippen LogP contribution in [0.5, 0.6) is 0 Å². The van der Waals surface area contributed by atoms with Crippen molar-refractivity contribution in [3.8, 4) is 0 Å². The molecule has 1 aliphatic heterocycles. The molecule has 30 heavy (non-hydrogen) atoms. The van der Waals surface area contributed by atoms with E-state index < -0.39 is 17.7 Å². The van der Waals surface area contributed by atoms with Crippen LogP contribution in [0.4, 0.5) is 21.9 Å². The van der Waals surface area contributed by atoms with Gasteiger partial charge >= 0.3 is 6.09 Å². The fourth-order valence-corrected chi connectivity index (χ4v) is 3.82. The number of fused-ring (bicyclic) bond motifs is 1. The average molecular weight is 428 g/mol. The summed E-state index contributed by atoms with van der Waals surface area (Å²) in [5.41, 5.74) is 2.91. The summed E-state index contributed by atoms with van der Waals surface area (Å²) in [6.07, 6.45) is 1.77. The van der Waals surface area contributed by atoms with Gasteiger partial charge < -0.3 is 20.3 Å². The molecule has 4 rings (SSSR count). The van der Waals surface area contributed by atoms with Crippen molar-refractivity contribution in [2.75, 3.05) is 16.8 Å². The summed E-state index contributed by atoms with van der Waals surface area (Å²) in [6.45, 7) is 5.60. The first kappa shape index (κ1) is 20.5. The number of carbonyl (C=O) groups excluding carboxylic acids is 2. The third-order valence-electron chi connectivity index (χ3n) is 5.13. The fraction of sp³-hybridized carbons (Fsp3) is 0.391. The van der Waals surface area contributed by atoms with E-state index in [-0.39, 0.29) is 12.5 Å². The molecule has 2 N–H and O–H groups in total. The van der Waals surface area contributed by atoms with Gasteiger partial charge in [0, 0.05) is 5.69 Å². The van der Waals surface area contributed by atoms with Crippen LogP contribution in [0, 0.1) is 0 Å². The third-order valence-corrected chi connectivity index (χ3v) is 5.45. The smallest absolute Gasteiger partial charge is 0.408 e. The van der Waals surface area contributed by atoms with Crippen LogP contribution in [-0.4, -0.2) is 30.2 Å². The van der Waals surface area contributed by atoms with Crippen LogP contribution < -0.4 is 15.5 Å². The van der Waals surface area contributed by atoms with Gasteiger partial charge in [0.25, 0.3) is 0 Å². The molecule has 1 saturated carbocycles. The molecule has 1 atom stereocenters. The van der Waals surface area contributed by atoms with Crippen molar-refractivity contribution in [3.05, 3.63) is 53.1 Å². The van der Waals surface area contributed by atoms with E-state index in [1.807, 2.05) is 29.2 Å². The van der Waals surface area contributed by atoms with E-state index in [0.29, 0.717) is 16.6 Å². The average Bonchev–Trinajstić information content (AvgIpc) is 3.51. The molecule has 7 heteroatoms. The number of hydrogen-bond acceptors (Lipinski definition) is 4. The maximum absolute atomic E-state index is 12.9. The van der Waals surface area contributed by atoms with Gasteiger partial charge in [0.2, 0.25) is 5.91 Å². The first-order valence-electron chi connectivity index (χ1n) is 10.2. The van der Waals surface area contributed by atoms with E-state index in [0.717, 1.165) is 11.4 Å². The standard InChI is InChI=1S/C23H26ClN3O3/c1-23(2,3)30-22(29)25-18-13-27(16-7-4-6-15(12-16)14-10-11-14)19-9-5-8-17(24)20(19)26-21(18)28/h4-9,12,14,18H,10-11,13H2,1-3H3,(H,25,29)(H,26,28). The Morgan fingerprint density at radius 3 is 2.63 bits per heavy atom. The number of rotatable bonds is 3. The molecule has 0 spiro atoms. The molecule has 0 radical (unpaired) electrons. The summed E-state index contributed by atoms with van der Waals surface area (Å²) in [5.74, 6) is 0.266.